The largest absolute Gasteiger partial charge is 0.495 e. The molecule has 0 aliphatic heterocycles. The fraction of sp³-hybridized carbons (Fsp3) is 0.333. The summed E-state index contributed by atoms with van der Waals surface area (Å²) >= 11 is 0. The summed E-state index contributed by atoms with van der Waals surface area (Å²) in [6.07, 6.45) is 2.45. The van der Waals surface area contributed by atoms with E-state index in [-0.39, 0.29) is 5.91 Å². The molecule has 0 aliphatic rings. The minimum absolute atomic E-state index is 0.225. The molecular weight excluding hydrogens is 306 g/mol. The second-order valence-electron chi connectivity index (χ2n) is 5.36. The number of hydrogen-bond donors (Lipinski definition) is 2. The number of nitrogens with zero attached hydrogens (tertiary/aromatic N) is 1. The highest BCUT2D eigenvalue weighted by Crippen LogP contribution is 2.25. The van der Waals surface area contributed by atoms with Crippen molar-refractivity contribution in [2.24, 2.45) is 0 Å². The number of methoxy groups -OCH3 is 2. The molecule has 24 heavy (non-hydrogen) atoms. The van der Waals surface area contributed by atoms with E-state index in [4.69, 9.17) is 9.47 Å². The van der Waals surface area contributed by atoms with Crippen LogP contribution in [0.1, 0.15) is 22.3 Å². The highest BCUT2D eigenvalue weighted by Gasteiger charge is 2.10. The first kappa shape index (κ1) is 17.7. The lowest BCUT2D eigenvalue weighted by Gasteiger charge is -2.11. The number of rotatable bonds is 8. The number of pyridine rings is 1. The number of benzene rings is 1. The summed E-state index contributed by atoms with van der Waals surface area (Å²) < 4.78 is 10.3. The lowest BCUT2D eigenvalue weighted by atomic mass is 10.2. The molecule has 1 aromatic heterocycles. The molecule has 128 valence electrons. The van der Waals surface area contributed by atoms with Crippen molar-refractivity contribution in [3.05, 3.63) is 47.7 Å². The summed E-state index contributed by atoms with van der Waals surface area (Å²) in [4.78, 5) is 16.6. The minimum atomic E-state index is -0.225. The van der Waals surface area contributed by atoms with Crippen LogP contribution in [-0.4, -0.2) is 38.3 Å². The van der Waals surface area contributed by atoms with E-state index in [0.29, 0.717) is 23.6 Å². The van der Waals surface area contributed by atoms with Gasteiger partial charge < -0.3 is 20.1 Å². The van der Waals surface area contributed by atoms with E-state index in [0.717, 1.165) is 24.3 Å². The van der Waals surface area contributed by atoms with Gasteiger partial charge in [-0.25, -0.2) is 4.98 Å². The maximum atomic E-state index is 12.4. The van der Waals surface area contributed by atoms with E-state index in [2.05, 4.69) is 15.6 Å². The van der Waals surface area contributed by atoms with Crippen LogP contribution >= 0.6 is 0 Å². The molecule has 0 atom stereocenters. The molecule has 0 spiro atoms. The zero-order chi connectivity index (χ0) is 17.4. The summed E-state index contributed by atoms with van der Waals surface area (Å²) in [6.45, 7) is 3.43. The molecule has 0 aliphatic carbocycles. The summed E-state index contributed by atoms with van der Waals surface area (Å²) in [7, 11) is 3.25. The van der Waals surface area contributed by atoms with Gasteiger partial charge in [-0.1, -0.05) is 6.07 Å². The number of aryl methyl sites for hydroxylation is 1. The van der Waals surface area contributed by atoms with Gasteiger partial charge in [0.05, 0.1) is 18.4 Å². The first-order chi connectivity index (χ1) is 11.6. The van der Waals surface area contributed by atoms with Crippen LogP contribution in [0.5, 0.6) is 5.75 Å². The summed E-state index contributed by atoms with van der Waals surface area (Å²) in [5, 5.41) is 6.04. The lowest BCUT2D eigenvalue weighted by Crippen LogP contribution is -2.13. The molecule has 2 aromatic rings. The average molecular weight is 329 g/mol. The molecule has 2 N–H and O–H groups in total. The molecule has 2 rings (SSSR count). The van der Waals surface area contributed by atoms with Crippen molar-refractivity contribution < 1.29 is 14.3 Å². The number of anilines is 2. The number of ether oxygens (including phenoxy) is 2. The molecule has 1 amide bonds. The van der Waals surface area contributed by atoms with Crippen LogP contribution in [-0.2, 0) is 4.74 Å². The van der Waals surface area contributed by atoms with Crippen LogP contribution < -0.4 is 15.4 Å². The molecule has 0 saturated heterocycles. The quantitative estimate of drug-likeness (QED) is 0.728. The van der Waals surface area contributed by atoms with Gasteiger partial charge in [0.25, 0.3) is 5.91 Å². The van der Waals surface area contributed by atoms with E-state index < -0.39 is 0 Å². The Morgan fingerprint density at radius 2 is 2.04 bits per heavy atom. The molecule has 1 aromatic carbocycles. The summed E-state index contributed by atoms with van der Waals surface area (Å²) in [5.74, 6) is 1.13. The van der Waals surface area contributed by atoms with Crippen molar-refractivity contribution in [2.45, 2.75) is 13.3 Å². The second-order valence-corrected chi connectivity index (χ2v) is 5.36. The topological polar surface area (TPSA) is 72.5 Å². The normalized spacial score (nSPS) is 10.3. The van der Waals surface area contributed by atoms with Crippen LogP contribution in [0.25, 0.3) is 0 Å². The fourth-order valence-electron chi connectivity index (χ4n) is 2.18. The average Bonchev–Trinajstić information content (AvgIpc) is 2.59. The van der Waals surface area contributed by atoms with E-state index >= 15 is 0 Å². The predicted molar refractivity (Wildman–Crippen MR) is 94.9 cm³/mol. The number of amides is 1. The zero-order valence-corrected chi connectivity index (χ0v) is 14.3. The molecule has 0 unspecified atom stereocenters. The third-order valence-corrected chi connectivity index (χ3v) is 3.46. The SMILES string of the molecule is COCCCNc1ccc(C(=O)Nc2cc(C)ccc2OC)cn1. The van der Waals surface area contributed by atoms with E-state index in [9.17, 15) is 4.79 Å². The van der Waals surface area contributed by atoms with Gasteiger partial charge in [0.1, 0.15) is 11.6 Å². The van der Waals surface area contributed by atoms with Gasteiger partial charge in [-0.15, -0.1) is 0 Å². The number of carbonyl (C=O) groups is 1. The Labute approximate surface area is 142 Å². The molecule has 1 heterocycles. The Hall–Kier alpha value is -2.60. The molecule has 6 heteroatoms. The Morgan fingerprint density at radius 1 is 1.21 bits per heavy atom. The lowest BCUT2D eigenvalue weighted by molar-refractivity contribution is 0.102. The van der Waals surface area contributed by atoms with Crippen molar-refractivity contribution in [1.29, 1.82) is 0 Å². The smallest absolute Gasteiger partial charge is 0.257 e. The number of hydrogen-bond acceptors (Lipinski definition) is 5. The molecule has 6 nitrogen and oxygen atoms in total. The number of nitrogens with one attached hydrogen (secondary N) is 2. The van der Waals surface area contributed by atoms with Gasteiger partial charge >= 0.3 is 0 Å². The van der Waals surface area contributed by atoms with Crippen LogP contribution in [0, 0.1) is 6.92 Å². The third kappa shape index (κ3) is 4.96. The standard InChI is InChI=1S/C18H23N3O3/c1-13-5-7-16(24-3)15(11-13)21-18(22)14-6-8-17(20-12-14)19-9-4-10-23-2/h5-8,11-12H,4,9-10H2,1-3H3,(H,19,20)(H,21,22). The van der Waals surface area contributed by atoms with Crippen LogP contribution in [0.3, 0.4) is 0 Å². The Kier molecular flexibility index (Phi) is 6.57. The van der Waals surface area contributed by atoms with Gasteiger partial charge in [-0.2, -0.15) is 0 Å². The molecule has 0 saturated carbocycles. The first-order valence-electron chi connectivity index (χ1n) is 7.79. The van der Waals surface area contributed by atoms with Crippen molar-refractivity contribution in [1.82, 2.24) is 4.98 Å². The number of carbonyl (C=O) groups excluding carboxylic acids is 1. The second kappa shape index (κ2) is 8.88. The van der Waals surface area contributed by atoms with Crippen molar-refractivity contribution in [3.63, 3.8) is 0 Å². The van der Waals surface area contributed by atoms with Gasteiger partial charge in [0.2, 0.25) is 0 Å². The minimum Gasteiger partial charge on any atom is -0.495 e. The van der Waals surface area contributed by atoms with E-state index in [1.54, 1.807) is 32.5 Å². The predicted octanol–water partition coefficient (Wildman–Crippen LogP) is 3.10. The molecule has 0 fully saturated rings. The van der Waals surface area contributed by atoms with Crippen LogP contribution in [0.15, 0.2) is 36.5 Å². The van der Waals surface area contributed by atoms with Crippen LogP contribution in [0.2, 0.25) is 0 Å². The van der Waals surface area contributed by atoms with Crippen LogP contribution in [0.4, 0.5) is 11.5 Å². The monoisotopic (exact) mass is 329 g/mol. The zero-order valence-electron chi connectivity index (χ0n) is 14.3. The highest BCUT2D eigenvalue weighted by atomic mass is 16.5. The number of aromatic nitrogens is 1. The fourth-order valence-corrected chi connectivity index (χ4v) is 2.18. The van der Waals surface area contributed by atoms with Gasteiger partial charge in [-0.05, 0) is 43.2 Å². The Balaban J connectivity index is 1.99. The first-order valence-corrected chi connectivity index (χ1v) is 7.79. The molecule has 0 bridgehead atoms. The van der Waals surface area contributed by atoms with Gasteiger partial charge in [0, 0.05) is 26.5 Å². The van der Waals surface area contributed by atoms with Gasteiger partial charge in [-0.3, -0.25) is 4.79 Å². The molecule has 0 radical (unpaired) electrons. The highest BCUT2D eigenvalue weighted by molar-refractivity contribution is 6.05. The van der Waals surface area contributed by atoms with E-state index in [1.807, 2.05) is 25.1 Å². The third-order valence-electron chi connectivity index (χ3n) is 3.46. The molecular formula is C18H23N3O3. The van der Waals surface area contributed by atoms with E-state index in [1.165, 1.54) is 0 Å². The summed E-state index contributed by atoms with van der Waals surface area (Å²) in [5.41, 5.74) is 2.17. The summed E-state index contributed by atoms with van der Waals surface area (Å²) in [6, 6.07) is 9.16. The van der Waals surface area contributed by atoms with Gasteiger partial charge in [0.15, 0.2) is 0 Å². The Morgan fingerprint density at radius 3 is 2.71 bits per heavy atom. The Bertz CT molecular complexity index is 672. The maximum Gasteiger partial charge on any atom is 0.257 e. The maximum absolute atomic E-state index is 12.4. The van der Waals surface area contributed by atoms with Crippen molar-refractivity contribution >= 4 is 17.4 Å². The van der Waals surface area contributed by atoms with Crippen molar-refractivity contribution in [3.8, 4) is 5.75 Å². The van der Waals surface area contributed by atoms with Crippen molar-refractivity contribution in [2.75, 3.05) is 38.0 Å².